The van der Waals surface area contributed by atoms with Crippen LogP contribution < -0.4 is 0 Å². The number of aromatic nitrogens is 2. The van der Waals surface area contributed by atoms with E-state index < -0.39 is 5.97 Å². The van der Waals surface area contributed by atoms with Gasteiger partial charge in [-0.25, -0.2) is 9.78 Å². The Balaban J connectivity index is 2.01. The quantitative estimate of drug-likeness (QED) is 0.918. The summed E-state index contributed by atoms with van der Waals surface area (Å²) in [6.07, 6.45) is 3.01. The molecule has 1 aliphatic heterocycles. The van der Waals surface area contributed by atoms with Crippen molar-refractivity contribution in [3.8, 4) is 0 Å². The first-order valence-electron chi connectivity index (χ1n) is 7.49. The van der Waals surface area contributed by atoms with E-state index in [2.05, 4.69) is 16.5 Å². The van der Waals surface area contributed by atoms with Crippen molar-refractivity contribution < 1.29 is 14.6 Å². The van der Waals surface area contributed by atoms with Gasteiger partial charge in [-0.05, 0) is 31.0 Å². The lowest BCUT2D eigenvalue weighted by atomic mass is 10.1. The molecule has 0 amide bonds. The molecular formula is C16H20N2O3. The third-order valence-electron chi connectivity index (χ3n) is 4.01. The average molecular weight is 288 g/mol. The van der Waals surface area contributed by atoms with Gasteiger partial charge in [-0.3, -0.25) is 0 Å². The Morgan fingerprint density at radius 1 is 1.52 bits per heavy atom. The molecule has 1 atom stereocenters. The maximum absolute atomic E-state index is 11.1. The van der Waals surface area contributed by atoms with Crippen LogP contribution in [0.2, 0.25) is 0 Å². The molecule has 5 heteroatoms. The molecule has 5 nitrogen and oxygen atoms in total. The summed E-state index contributed by atoms with van der Waals surface area (Å²) in [5.41, 5.74) is 2.09. The van der Waals surface area contributed by atoms with Crippen LogP contribution in [0.4, 0.5) is 0 Å². The Bertz CT molecular complexity index is 657. The maximum Gasteiger partial charge on any atom is 0.335 e. The molecule has 0 saturated carbocycles. The first-order valence-corrected chi connectivity index (χ1v) is 7.49. The zero-order valence-electron chi connectivity index (χ0n) is 12.2. The largest absolute Gasteiger partial charge is 0.478 e. The van der Waals surface area contributed by atoms with Gasteiger partial charge in [-0.2, -0.15) is 0 Å². The Morgan fingerprint density at radius 2 is 2.38 bits per heavy atom. The van der Waals surface area contributed by atoms with Gasteiger partial charge in [-0.1, -0.05) is 6.92 Å². The lowest BCUT2D eigenvalue weighted by Crippen LogP contribution is -2.13. The van der Waals surface area contributed by atoms with Gasteiger partial charge in [0, 0.05) is 25.5 Å². The van der Waals surface area contributed by atoms with Crippen molar-refractivity contribution in [3.63, 3.8) is 0 Å². The van der Waals surface area contributed by atoms with Crippen LogP contribution in [0.3, 0.4) is 0 Å². The highest BCUT2D eigenvalue weighted by Gasteiger charge is 2.20. The molecule has 112 valence electrons. The van der Waals surface area contributed by atoms with E-state index in [1.807, 2.05) is 6.07 Å². The molecule has 21 heavy (non-hydrogen) atoms. The number of carboxylic acid groups (broad SMARTS) is 1. The SMILES string of the molecule is CCCc1nc2cc(C(=O)O)ccc2n1CC1CCOC1. The zero-order chi connectivity index (χ0) is 14.8. The van der Waals surface area contributed by atoms with Crippen molar-refractivity contribution >= 4 is 17.0 Å². The van der Waals surface area contributed by atoms with Crippen molar-refractivity contribution in [2.24, 2.45) is 5.92 Å². The van der Waals surface area contributed by atoms with Crippen LogP contribution in [0.25, 0.3) is 11.0 Å². The lowest BCUT2D eigenvalue weighted by Gasteiger charge is -2.13. The van der Waals surface area contributed by atoms with Crippen molar-refractivity contribution in [2.75, 3.05) is 13.2 Å². The Hall–Kier alpha value is -1.88. The Kier molecular flexibility index (Phi) is 3.92. The molecule has 0 radical (unpaired) electrons. The molecule has 1 N–H and O–H groups in total. The van der Waals surface area contributed by atoms with Gasteiger partial charge in [0.1, 0.15) is 5.82 Å². The molecule has 1 aromatic carbocycles. The highest BCUT2D eigenvalue weighted by Crippen LogP contribution is 2.23. The number of carboxylic acids is 1. The monoisotopic (exact) mass is 288 g/mol. The van der Waals surface area contributed by atoms with E-state index in [1.165, 1.54) is 0 Å². The van der Waals surface area contributed by atoms with Crippen LogP contribution >= 0.6 is 0 Å². The highest BCUT2D eigenvalue weighted by molar-refractivity contribution is 5.92. The highest BCUT2D eigenvalue weighted by atomic mass is 16.5. The first-order chi connectivity index (χ1) is 10.2. The number of fused-ring (bicyclic) bond motifs is 1. The van der Waals surface area contributed by atoms with E-state index in [9.17, 15) is 4.79 Å². The first kappa shape index (κ1) is 14.1. The van der Waals surface area contributed by atoms with E-state index in [0.29, 0.717) is 11.5 Å². The van der Waals surface area contributed by atoms with Gasteiger partial charge in [0.25, 0.3) is 0 Å². The molecule has 1 unspecified atom stereocenters. The van der Waals surface area contributed by atoms with Crippen LogP contribution in [-0.2, 0) is 17.7 Å². The predicted octanol–water partition coefficient (Wildman–Crippen LogP) is 2.72. The second-order valence-electron chi connectivity index (χ2n) is 5.63. The Labute approximate surface area is 123 Å². The molecule has 2 heterocycles. The summed E-state index contributed by atoms with van der Waals surface area (Å²) >= 11 is 0. The van der Waals surface area contributed by atoms with Crippen molar-refractivity contribution in [2.45, 2.75) is 32.7 Å². The predicted molar refractivity (Wildman–Crippen MR) is 79.6 cm³/mol. The molecule has 0 aliphatic carbocycles. The van der Waals surface area contributed by atoms with Crippen LogP contribution in [-0.4, -0.2) is 33.8 Å². The molecule has 0 bridgehead atoms. The van der Waals surface area contributed by atoms with E-state index in [4.69, 9.17) is 9.84 Å². The van der Waals surface area contributed by atoms with Gasteiger partial charge < -0.3 is 14.4 Å². The molecule has 2 aromatic rings. The fourth-order valence-corrected chi connectivity index (χ4v) is 2.92. The third-order valence-corrected chi connectivity index (χ3v) is 4.01. The Morgan fingerprint density at radius 3 is 3.05 bits per heavy atom. The van der Waals surface area contributed by atoms with E-state index in [1.54, 1.807) is 12.1 Å². The molecule has 1 saturated heterocycles. The van der Waals surface area contributed by atoms with E-state index in [0.717, 1.165) is 55.9 Å². The van der Waals surface area contributed by atoms with Crippen molar-refractivity contribution in [1.29, 1.82) is 0 Å². The van der Waals surface area contributed by atoms with Gasteiger partial charge in [0.15, 0.2) is 0 Å². The standard InChI is InChI=1S/C16H20N2O3/c1-2-3-15-17-13-8-12(16(19)20)4-5-14(13)18(15)9-11-6-7-21-10-11/h4-5,8,11H,2-3,6-7,9-10H2,1H3,(H,19,20). The summed E-state index contributed by atoms with van der Waals surface area (Å²) in [6.45, 7) is 4.67. The smallest absolute Gasteiger partial charge is 0.335 e. The number of nitrogens with zero attached hydrogens (tertiary/aromatic N) is 2. The number of aryl methyl sites for hydroxylation is 1. The summed E-state index contributed by atoms with van der Waals surface area (Å²) in [4.78, 5) is 15.7. The summed E-state index contributed by atoms with van der Waals surface area (Å²) in [5.74, 6) is 0.659. The van der Waals surface area contributed by atoms with Gasteiger partial charge >= 0.3 is 5.97 Å². The second kappa shape index (κ2) is 5.85. The normalized spacial score (nSPS) is 18.4. The number of benzene rings is 1. The van der Waals surface area contributed by atoms with Crippen LogP contribution in [0.15, 0.2) is 18.2 Å². The van der Waals surface area contributed by atoms with Crippen LogP contribution in [0.5, 0.6) is 0 Å². The molecule has 0 spiro atoms. The number of rotatable bonds is 5. The fourth-order valence-electron chi connectivity index (χ4n) is 2.92. The van der Waals surface area contributed by atoms with E-state index in [-0.39, 0.29) is 0 Å². The molecule has 1 aromatic heterocycles. The number of aromatic carboxylic acids is 1. The lowest BCUT2D eigenvalue weighted by molar-refractivity contribution is 0.0697. The third kappa shape index (κ3) is 2.78. The van der Waals surface area contributed by atoms with Gasteiger partial charge in [0.2, 0.25) is 0 Å². The minimum absolute atomic E-state index is 0.291. The second-order valence-corrected chi connectivity index (χ2v) is 5.63. The fraction of sp³-hybridized carbons (Fsp3) is 0.500. The zero-order valence-corrected chi connectivity index (χ0v) is 12.2. The summed E-state index contributed by atoms with van der Waals surface area (Å²) in [5, 5.41) is 9.10. The molecule has 1 aliphatic rings. The van der Waals surface area contributed by atoms with Gasteiger partial charge in [0.05, 0.1) is 23.2 Å². The summed E-state index contributed by atoms with van der Waals surface area (Å²) in [6, 6.07) is 5.20. The number of imidazole rings is 1. The maximum atomic E-state index is 11.1. The number of ether oxygens (including phenoxy) is 1. The van der Waals surface area contributed by atoms with Gasteiger partial charge in [-0.15, -0.1) is 0 Å². The molecular weight excluding hydrogens is 268 g/mol. The topological polar surface area (TPSA) is 64.3 Å². The average Bonchev–Trinajstić information content (AvgIpc) is 3.08. The molecule has 3 rings (SSSR count). The van der Waals surface area contributed by atoms with Crippen LogP contribution in [0.1, 0.15) is 35.9 Å². The summed E-state index contributed by atoms with van der Waals surface area (Å²) < 4.78 is 7.70. The molecule has 1 fully saturated rings. The van der Waals surface area contributed by atoms with E-state index >= 15 is 0 Å². The van der Waals surface area contributed by atoms with Crippen molar-refractivity contribution in [3.05, 3.63) is 29.6 Å². The minimum Gasteiger partial charge on any atom is -0.478 e. The summed E-state index contributed by atoms with van der Waals surface area (Å²) in [7, 11) is 0. The number of hydrogen-bond donors (Lipinski definition) is 1. The number of hydrogen-bond acceptors (Lipinski definition) is 3. The van der Waals surface area contributed by atoms with Crippen molar-refractivity contribution in [1.82, 2.24) is 9.55 Å². The van der Waals surface area contributed by atoms with Crippen LogP contribution in [0, 0.1) is 5.92 Å². The minimum atomic E-state index is -0.910. The number of carbonyl (C=O) groups is 1.